The predicted octanol–water partition coefficient (Wildman–Crippen LogP) is 3.62. The van der Waals surface area contributed by atoms with Crippen LogP contribution in [0.1, 0.15) is 44.9 Å². The van der Waals surface area contributed by atoms with Crippen molar-refractivity contribution < 1.29 is 46.8 Å². The zero-order chi connectivity index (χ0) is 33.1. The molecule has 46 heavy (non-hydrogen) atoms. The lowest BCUT2D eigenvalue weighted by molar-refractivity contribution is 0.0912. The van der Waals surface area contributed by atoms with Crippen LogP contribution in [0.2, 0.25) is 0 Å². The molecule has 0 saturated carbocycles. The number of halogens is 4. The third-order valence-corrected chi connectivity index (χ3v) is 7.52. The number of pyridine rings is 2. The lowest BCUT2D eigenvalue weighted by Gasteiger charge is -2.26. The van der Waals surface area contributed by atoms with Gasteiger partial charge in [-0.3, -0.25) is 9.59 Å². The quantitative estimate of drug-likeness (QED) is 0.232. The first-order valence-corrected chi connectivity index (χ1v) is 14.1. The van der Waals surface area contributed by atoms with E-state index >= 15 is 0 Å². The van der Waals surface area contributed by atoms with Crippen LogP contribution in [0.3, 0.4) is 0 Å². The maximum Gasteiger partial charge on any atom is 0.267 e. The van der Waals surface area contributed by atoms with Crippen LogP contribution in [0.15, 0.2) is 48.5 Å². The van der Waals surface area contributed by atoms with E-state index in [1.165, 1.54) is 24.3 Å². The van der Waals surface area contributed by atoms with E-state index in [9.17, 15) is 37.4 Å². The molecule has 0 aliphatic carbocycles. The van der Waals surface area contributed by atoms with Crippen molar-refractivity contribution in [1.29, 1.82) is 0 Å². The number of ether oxygens (including phenoxy) is 2. The first-order valence-electron chi connectivity index (χ1n) is 14.1. The first-order chi connectivity index (χ1) is 22.0. The number of carbonyl (C=O) groups is 2. The number of benzene rings is 2. The second kappa shape index (κ2) is 13.5. The average molecular weight is 641 g/mol. The van der Waals surface area contributed by atoms with Gasteiger partial charge in [-0.1, -0.05) is 0 Å². The van der Waals surface area contributed by atoms with Crippen LogP contribution in [-0.4, -0.2) is 57.4 Å². The molecule has 14 heteroatoms. The fourth-order valence-corrected chi connectivity index (χ4v) is 5.22. The van der Waals surface area contributed by atoms with Gasteiger partial charge in [0.05, 0.1) is 13.2 Å². The maximum absolute atomic E-state index is 14.1. The van der Waals surface area contributed by atoms with Crippen molar-refractivity contribution in [3.8, 4) is 34.0 Å². The van der Waals surface area contributed by atoms with Crippen molar-refractivity contribution in [2.75, 3.05) is 13.2 Å². The third kappa shape index (κ3) is 6.77. The van der Waals surface area contributed by atoms with E-state index in [1.807, 2.05) is 0 Å². The van der Waals surface area contributed by atoms with Crippen LogP contribution < -0.4 is 20.9 Å². The molecule has 0 radical (unpaired) electrons. The van der Waals surface area contributed by atoms with Crippen LogP contribution in [0, 0.1) is 23.3 Å². The zero-order valence-corrected chi connectivity index (χ0v) is 24.1. The van der Waals surface area contributed by atoms with Gasteiger partial charge in [0.25, 0.3) is 11.8 Å². The first kappa shape index (κ1) is 32.3. The highest BCUT2D eigenvalue weighted by Crippen LogP contribution is 2.38. The van der Waals surface area contributed by atoms with Gasteiger partial charge in [0.15, 0.2) is 0 Å². The summed E-state index contributed by atoms with van der Waals surface area (Å²) < 4.78 is 65.6. The molecule has 2 aliphatic heterocycles. The number of rotatable bonds is 6. The Balaban J connectivity index is 0.000000181. The molecule has 0 spiro atoms. The van der Waals surface area contributed by atoms with Crippen molar-refractivity contribution in [3.63, 3.8) is 0 Å². The molecule has 2 atom stereocenters. The summed E-state index contributed by atoms with van der Waals surface area (Å²) in [6.07, 6.45) is 1.14. The molecule has 6 N–H and O–H groups in total. The van der Waals surface area contributed by atoms with Crippen molar-refractivity contribution in [2.45, 2.75) is 37.9 Å². The second-order valence-electron chi connectivity index (χ2n) is 10.6. The van der Waals surface area contributed by atoms with E-state index in [2.05, 4.69) is 9.97 Å². The highest BCUT2D eigenvalue weighted by molar-refractivity contribution is 5.93. The van der Waals surface area contributed by atoms with Crippen LogP contribution in [0.4, 0.5) is 17.6 Å². The highest BCUT2D eigenvalue weighted by atomic mass is 19.1. The Kier molecular flexibility index (Phi) is 9.49. The van der Waals surface area contributed by atoms with E-state index in [0.29, 0.717) is 47.9 Å². The van der Waals surface area contributed by atoms with Gasteiger partial charge in [-0.15, -0.1) is 0 Å². The summed E-state index contributed by atoms with van der Waals surface area (Å²) >= 11 is 0. The average Bonchev–Trinajstić information content (AvgIpc) is 3.03. The monoisotopic (exact) mass is 640 g/mol. The van der Waals surface area contributed by atoms with Crippen molar-refractivity contribution >= 4 is 11.8 Å². The van der Waals surface area contributed by atoms with Gasteiger partial charge in [0.2, 0.25) is 11.8 Å². The van der Waals surface area contributed by atoms with Gasteiger partial charge in [0.1, 0.15) is 46.9 Å². The van der Waals surface area contributed by atoms with Gasteiger partial charge in [0, 0.05) is 34.4 Å². The SMILES string of the molecule is NC(=O)c1cc(-c2ccc(F)cc2F)c2c(n1)O[C@@H](CO)CC2.NC(=O)c1cc(-c2ccc(F)cc2F)c2c(n1)O[C@H](CO)CC2. The molecule has 0 fully saturated rings. The minimum atomic E-state index is -0.786. The Morgan fingerprint density at radius 2 is 1.07 bits per heavy atom. The highest BCUT2D eigenvalue weighted by Gasteiger charge is 2.28. The normalized spacial score (nSPS) is 16.6. The van der Waals surface area contributed by atoms with E-state index < -0.39 is 47.3 Å². The molecule has 10 nitrogen and oxygen atoms in total. The van der Waals surface area contributed by atoms with E-state index in [4.69, 9.17) is 20.9 Å². The van der Waals surface area contributed by atoms with Gasteiger partial charge in [-0.25, -0.2) is 27.5 Å². The van der Waals surface area contributed by atoms with Crippen LogP contribution in [0.5, 0.6) is 11.8 Å². The number of primary amides is 2. The summed E-state index contributed by atoms with van der Waals surface area (Å²) in [5, 5.41) is 18.4. The van der Waals surface area contributed by atoms with Gasteiger partial charge < -0.3 is 31.2 Å². The van der Waals surface area contributed by atoms with Crippen LogP contribution in [0.25, 0.3) is 22.3 Å². The number of hydrogen-bond acceptors (Lipinski definition) is 8. The molecule has 2 aromatic carbocycles. The van der Waals surface area contributed by atoms with E-state index in [1.54, 1.807) is 0 Å². The number of aliphatic hydroxyl groups excluding tert-OH is 2. The number of hydrogen-bond donors (Lipinski definition) is 4. The molecule has 2 aromatic heterocycles. The number of fused-ring (bicyclic) bond motifs is 2. The van der Waals surface area contributed by atoms with E-state index in [0.717, 1.165) is 24.3 Å². The molecular weight excluding hydrogens is 612 g/mol. The van der Waals surface area contributed by atoms with Gasteiger partial charge in [-0.2, -0.15) is 0 Å². The standard InChI is InChI=1S/2C16H14F2N2O3/c2*17-8-1-3-10(13(18)5-8)12-6-14(15(19)22)20-16-11(12)4-2-9(7-21)23-16/h2*1,3,5-6,9,21H,2,4,7H2,(H2,19,22)/t2*9-/m10/s1. The summed E-state index contributed by atoms with van der Waals surface area (Å²) in [5.41, 5.74) is 12.6. The summed E-state index contributed by atoms with van der Waals surface area (Å²) in [6, 6.07) is 9.15. The van der Waals surface area contributed by atoms with Crippen molar-refractivity contribution in [3.05, 3.63) is 94.3 Å². The Hall–Kier alpha value is -5.08. The molecule has 4 heterocycles. The van der Waals surface area contributed by atoms with E-state index in [-0.39, 0.29) is 47.5 Å². The smallest absolute Gasteiger partial charge is 0.267 e. The van der Waals surface area contributed by atoms with Crippen LogP contribution >= 0.6 is 0 Å². The summed E-state index contributed by atoms with van der Waals surface area (Å²) in [5.74, 6) is -4.17. The molecule has 0 bridgehead atoms. The topological polar surface area (TPSA) is 171 Å². The minimum Gasteiger partial charge on any atom is -0.472 e. The molecule has 2 aliphatic rings. The van der Waals surface area contributed by atoms with Crippen molar-refractivity contribution in [2.24, 2.45) is 11.5 Å². The summed E-state index contributed by atoms with van der Waals surface area (Å²) in [4.78, 5) is 31.0. The van der Waals surface area contributed by atoms with Gasteiger partial charge in [-0.05, 0) is 73.2 Å². The number of nitrogens with two attached hydrogens (primary N) is 2. The third-order valence-electron chi connectivity index (χ3n) is 7.52. The summed E-state index contributed by atoms with van der Waals surface area (Å²) in [6.45, 7) is -0.385. The minimum absolute atomic E-state index is 0.0823. The molecule has 0 unspecified atom stereocenters. The molecule has 4 aromatic rings. The Bertz CT molecular complexity index is 1690. The fourth-order valence-electron chi connectivity index (χ4n) is 5.22. The molecule has 240 valence electrons. The maximum atomic E-state index is 14.1. The fraction of sp³-hybridized carbons (Fsp3) is 0.250. The van der Waals surface area contributed by atoms with Gasteiger partial charge >= 0.3 is 0 Å². The number of amides is 2. The molecular formula is C32H28F4N4O6. The van der Waals surface area contributed by atoms with Crippen molar-refractivity contribution in [1.82, 2.24) is 9.97 Å². The number of aliphatic hydroxyl groups is 2. The molecule has 0 saturated heterocycles. The molecule has 2 amide bonds. The second-order valence-corrected chi connectivity index (χ2v) is 10.6. The Labute approximate surface area is 259 Å². The Morgan fingerprint density at radius 1 is 0.674 bits per heavy atom. The number of carbonyl (C=O) groups excluding carboxylic acids is 2. The zero-order valence-electron chi connectivity index (χ0n) is 24.1. The largest absolute Gasteiger partial charge is 0.472 e. The lowest BCUT2D eigenvalue weighted by atomic mass is 9.94. The predicted molar refractivity (Wildman–Crippen MR) is 156 cm³/mol. The summed E-state index contributed by atoms with van der Waals surface area (Å²) in [7, 11) is 0. The molecule has 6 rings (SSSR count). The van der Waals surface area contributed by atoms with Crippen LogP contribution in [-0.2, 0) is 12.8 Å². The Morgan fingerprint density at radius 3 is 1.39 bits per heavy atom. The lowest BCUT2D eigenvalue weighted by Crippen LogP contribution is -2.28. The number of aromatic nitrogens is 2. The number of nitrogens with zero attached hydrogens (tertiary/aromatic N) is 2.